The van der Waals surface area contributed by atoms with Crippen molar-refractivity contribution in [3.05, 3.63) is 0 Å². The number of amides is 1. The van der Waals surface area contributed by atoms with Gasteiger partial charge in [-0.05, 0) is 11.8 Å². The maximum Gasteiger partial charge on any atom is 0.471 e. The van der Waals surface area contributed by atoms with Crippen molar-refractivity contribution in [2.75, 3.05) is 20.3 Å². The Balaban J connectivity index is 4.42. The van der Waals surface area contributed by atoms with Gasteiger partial charge in [0.25, 0.3) is 0 Å². The molecule has 0 spiro atoms. The Kier molecular flexibility index (Phi) is 7.53. The molecule has 0 aliphatic rings. The van der Waals surface area contributed by atoms with Crippen molar-refractivity contribution in [3.8, 4) is 0 Å². The van der Waals surface area contributed by atoms with E-state index < -0.39 is 25.2 Å². The molecule has 2 atom stereocenters. The Morgan fingerprint density at radius 3 is 2.24 bits per heavy atom. The highest BCUT2D eigenvalue weighted by Gasteiger charge is 2.36. The van der Waals surface area contributed by atoms with Crippen molar-refractivity contribution in [2.45, 2.75) is 47.1 Å². The van der Waals surface area contributed by atoms with Gasteiger partial charge in [-0.3, -0.25) is 13.8 Å². The van der Waals surface area contributed by atoms with Crippen LogP contribution in [0.2, 0.25) is 0 Å². The van der Waals surface area contributed by atoms with Crippen molar-refractivity contribution in [1.29, 1.82) is 0 Å². The van der Waals surface area contributed by atoms with E-state index in [2.05, 4.69) is 30.6 Å². The molecule has 0 aromatic carbocycles. The number of aliphatic hydroxyl groups excluding tert-OH is 1. The molecule has 0 radical (unpaired) electrons. The van der Waals surface area contributed by atoms with Gasteiger partial charge >= 0.3 is 7.82 Å². The number of hydrogen-bond acceptors (Lipinski definition) is 5. The highest BCUT2D eigenvalue weighted by molar-refractivity contribution is 7.47. The summed E-state index contributed by atoms with van der Waals surface area (Å²) in [4.78, 5) is 21.1. The number of hydrogen-bond donors (Lipinski definition) is 3. The van der Waals surface area contributed by atoms with Crippen molar-refractivity contribution < 1.29 is 28.4 Å². The Labute approximate surface area is 126 Å². The first-order valence-corrected chi connectivity index (χ1v) is 8.29. The van der Waals surface area contributed by atoms with Gasteiger partial charge in [-0.15, -0.1) is 0 Å². The van der Waals surface area contributed by atoms with Gasteiger partial charge in [-0.25, -0.2) is 4.57 Å². The molecule has 0 aliphatic carbocycles. The van der Waals surface area contributed by atoms with Crippen molar-refractivity contribution >= 4 is 13.7 Å². The van der Waals surface area contributed by atoms with Crippen LogP contribution in [0.5, 0.6) is 0 Å². The first-order chi connectivity index (χ1) is 9.31. The fourth-order valence-electron chi connectivity index (χ4n) is 1.39. The quantitative estimate of drug-likeness (QED) is 0.587. The van der Waals surface area contributed by atoms with Crippen LogP contribution in [0.25, 0.3) is 0 Å². The van der Waals surface area contributed by atoms with Crippen LogP contribution in [0.15, 0.2) is 0 Å². The van der Waals surface area contributed by atoms with E-state index in [-0.39, 0.29) is 12.0 Å². The van der Waals surface area contributed by atoms with Gasteiger partial charge in [0, 0.05) is 19.1 Å². The SMILES string of the molecule is COP(=O)(O)OCC(C)(C)[C@@H](O)C(=O)NCCC(C)(C)C. The third-order valence-corrected chi connectivity index (χ3v) is 3.91. The molecule has 0 bridgehead atoms. The van der Waals surface area contributed by atoms with E-state index >= 15 is 0 Å². The summed E-state index contributed by atoms with van der Waals surface area (Å²) in [6.45, 7) is 9.45. The maximum absolute atomic E-state index is 11.9. The zero-order valence-electron chi connectivity index (χ0n) is 13.7. The number of nitrogens with one attached hydrogen (secondary N) is 1. The molecular weight excluding hydrogens is 297 g/mol. The van der Waals surface area contributed by atoms with Crippen LogP contribution in [0.1, 0.15) is 41.0 Å². The Morgan fingerprint density at radius 1 is 1.29 bits per heavy atom. The lowest BCUT2D eigenvalue weighted by Gasteiger charge is -2.30. The van der Waals surface area contributed by atoms with E-state index in [0.717, 1.165) is 13.5 Å². The summed E-state index contributed by atoms with van der Waals surface area (Å²) in [6.07, 6.45) is -0.577. The average molecular weight is 325 g/mol. The van der Waals surface area contributed by atoms with Crippen molar-refractivity contribution in [3.63, 3.8) is 0 Å². The fraction of sp³-hybridized carbons (Fsp3) is 0.923. The lowest BCUT2D eigenvalue weighted by molar-refractivity contribution is -0.137. The monoisotopic (exact) mass is 325 g/mol. The standard InChI is InChI=1S/C13H28NO6P/c1-12(2,3)7-8-14-11(16)10(15)13(4,5)9-20-21(17,18)19-6/h10,15H,7-9H2,1-6H3,(H,14,16)(H,17,18)/t10-/m0/s1. The predicted octanol–water partition coefficient (Wildman–Crippen LogP) is 1.69. The summed E-state index contributed by atoms with van der Waals surface area (Å²) in [5.41, 5.74) is -0.943. The van der Waals surface area contributed by atoms with Crippen LogP contribution >= 0.6 is 7.82 Å². The smallest absolute Gasteiger partial charge is 0.383 e. The molecule has 126 valence electrons. The first-order valence-electron chi connectivity index (χ1n) is 6.79. The summed E-state index contributed by atoms with van der Waals surface area (Å²) in [7, 11) is -3.08. The number of phosphoric ester groups is 1. The summed E-state index contributed by atoms with van der Waals surface area (Å²) in [6, 6.07) is 0. The number of phosphoric acid groups is 1. The molecule has 1 unspecified atom stereocenters. The van der Waals surface area contributed by atoms with Crippen molar-refractivity contribution in [2.24, 2.45) is 10.8 Å². The van der Waals surface area contributed by atoms with Gasteiger partial charge in [0.2, 0.25) is 5.91 Å². The fourth-order valence-corrected chi connectivity index (χ4v) is 1.99. The van der Waals surface area contributed by atoms with E-state index in [9.17, 15) is 14.5 Å². The third kappa shape index (κ3) is 8.53. The van der Waals surface area contributed by atoms with Crippen LogP contribution < -0.4 is 5.32 Å². The van der Waals surface area contributed by atoms with Crippen LogP contribution in [0, 0.1) is 10.8 Å². The van der Waals surface area contributed by atoms with Gasteiger partial charge < -0.3 is 15.3 Å². The number of aliphatic hydroxyl groups is 1. The molecule has 3 N–H and O–H groups in total. The lowest BCUT2D eigenvalue weighted by atomic mass is 9.87. The van der Waals surface area contributed by atoms with Crippen LogP contribution in [-0.2, 0) is 18.4 Å². The Bertz CT molecular complexity index is 391. The van der Waals surface area contributed by atoms with Gasteiger partial charge in [0.15, 0.2) is 0 Å². The molecule has 21 heavy (non-hydrogen) atoms. The second-order valence-electron chi connectivity index (χ2n) is 6.92. The summed E-state index contributed by atoms with van der Waals surface area (Å²) >= 11 is 0. The van der Waals surface area contributed by atoms with E-state index in [4.69, 9.17) is 9.42 Å². The summed E-state index contributed by atoms with van der Waals surface area (Å²) < 4.78 is 20.2. The minimum Gasteiger partial charge on any atom is -0.383 e. The van der Waals surface area contributed by atoms with E-state index in [0.29, 0.717) is 6.54 Å². The molecular formula is C13H28NO6P. The zero-order valence-corrected chi connectivity index (χ0v) is 14.6. The van der Waals surface area contributed by atoms with Gasteiger partial charge in [0.05, 0.1) is 6.61 Å². The van der Waals surface area contributed by atoms with Crippen molar-refractivity contribution in [1.82, 2.24) is 5.32 Å². The maximum atomic E-state index is 11.9. The Morgan fingerprint density at radius 2 is 1.81 bits per heavy atom. The number of rotatable bonds is 8. The predicted molar refractivity (Wildman–Crippen MR) is 79.7 cm³/mol. The second kappa shape index (κ2) is 7.70. The lowest BCUT2D eigenvalue weighted by Crippen LogP contribution is -2.46. The highest BCUT2D eigenvalue weighted by atomic mass is 31.2. The molecule has 0 saturated heterocycles. The molecule has 0 saturated carbocycles. The molecule has 7 nitrogen and oxygen atoms in total. The molecule has 0 heterocycles. The van der Waals surface area contributed by atoms with Gasteiger partial charge in [-0.1, -0.05) is 34.6 Å². The summed E-state index contributed by atoms with van der Waals surface area (Å²) in [5, 5.41) is 12.7. The molecule has 8 heteroatoms. The highest BCUT2D eigenvalue weighted by Crippen LogP contribution is 2.43. The van der Waals surface area contributed by atoms with Gasteiger partial charge in [0.1, 0.15) is 6.10 Å². The summed E-state index contributed by atoms with van der Waals surface area (Å²) in [5.74, 6) is -0.530. The largest absolute Gasteiger partial charge is 0.471 e. The minimum absolute atomic E-state index is 0.0822. The molecule has 0 aromatic heterocycles. The molecule has 0 aromatic rings. The van der Waals surface area contributed by atoms with Gasteiger partial charge in [-0.2, -0.15) is 0 Å². The zero-order chi connectivity index (χ0) is 16.9. The minimum atomic E-state index is -4.13. The topological polar surface area (TPSA) is 105 Å². The molecule has 0 aliphatic heterocycles. The molecule has 0 rings (SSSR count). The van der Waals surface area contributed by atoms with Crippen LogP contribution in [0.4, 0.5) is 0 Å². The molecule has 0 fully saturated rings. The van der Waals surface area contributed by atoms with Crippen LogP contribution in [-0.4, -0.2) is 42.3 Å². The first kappa shape index (κ1) is 20.5. The second-order valence-corrected chi connectivity index (χ2v) is 8.48. The average Bonchev–Trinajstić information content (AvgIpc) is 2.34. The van der Waals surface area contributed by atoms with E-state index in [1.165, 1.54) is 0 Å². The Hall–Kier alpha value is -0.460. The van der Waals surface area contributed by atoms with E-state index in [1.807, 2.05) is 0 Å². The number of carbonyl (C=O) groups is 1. The van der Waals surface area contributed by atoms with E-state index in [1.54, 1.807) is 13.8 Å². The normalized spacial score (nSPS) is 17.1. The van der Waals surface area contributed by atoms with Crippen LogP contribution in [0.3, 0.4) is 0 Å². The number of carbonyl (C=O) groups excluding carboxylic acids is 1. The molecule has 1 amide bonds. The third-order valence-electron chi connectivity index (χ3n) is 2.99.